The molecule has 1 aromatic carbocycles. The van der Waals surface area contributed by atoms with Crippen LogP contribution in [0.1, 0.15) is 25.3 Å². The van der Waals surface area contributed by atoms with Gasteiger partial charge in [0.2, 0.25) is 0 Å². The second-order valence-corrected chi connectivity index (χ2v) is 5.09. The van der Waals surface area contributed by atoms with Gasteiger partial charge in [0.1, 0.15) is 5.78 Å². The van der Waals surface area contributed by atoms with Crippen LogP contribution in [0.25, 0.3) is 11.0 Å². The third-order valence-corrected chi connectivity index (χ3v) is 4.28. The Morgan fingerprint density at radius 3 is 2.53 bits per heavy atom. The van der Waals surface area contributed by atoms with Crippen molar-refractivity contribution in [2.45, 2.75) is 24.6 Å². The van der Waals surface area contributed by atoms with Crippen LogP contribution in [0.5, 0.6) is 0 Å². The molecule has 4 heteroatoms. The number of carbonyl (C=O) groups is 1. The normalized spacial score (nSPS) is 14.5. The van der Waals surface area contributed by atoms with Crippen molar-refractivity contribution in [3.63, 3.8) is 0 Å². The van der Waals surface area contributed by atoms with E-state index in [0.29, 0.717) is 0 Å². The van der Waals surface area contributed by atoms with Gasteiger partial charge in [0.15, 0.2) is 0 Å². The number of aromatic nitrogens is 2. The smallest absolute Gasteiger partial charge is 0.144 e. The first kappa shape index (κ1) is 12.2. The third-order valence-electron chi connectivity index (χ3n) is 2.85. The summed E-state index contributed by atoms with van der Waals surface area (Å²) in [6.45, 7) is 3.62. The zero-order valence-corrected chi connectivity index (χ0v) is 11.3. The van der Waals surface area contributed by atoms with Gasteiger partial charge < -0.3 is 0 Å². The van der Waals surface area contributed by atoms with Crippen molar-refractivity contribution < 1.29 is 4.79 Å². The molecular weight excluding hydrogens is 280 g/mol. The van der Waals surface area contributed by atoms with E-state index in [2.05, 4.69) is 25.9 Å². The molecule has 0 radical (unpaired) electrons. The average molecular weight is 293 g/mol. The standard InChI is InChI=1S/C13H13BrN2O/c1-8(13(14)9(2)17)10-3-4-11-12(7-10)16-6-5-15-11/h3-8,13H,1-2H3. The molecule has 0 aliphatic heterocycles. The molecule has 0 saturated heterocycles. The average Bonchev–Trinajstić information content (AvgIpc) is 2.36. The minimum Gasteiger partial charge on any atom is -0.299 e. The zero-order chi connectivity index (χ0) is 12.4. The fraction of sp³-hybridized carbons (Fsp3) is 0.308. The van der Waals surface area contributed by atoms with Crippen LogP contribution in [0, 0.1) is 0 Å². The zero-order valence-electron chi connectivity index (χ0n) is 9.72. The number of fused-ring (bicyclic) bond motifs is 1. The summed E-state index contributed by atoms with van der Waals surface area (Å²) in [5.41, 5.74) is 2.83. The van der Waals surface area contributed by atoms with Crippen molar-refractivity contribution in [2.75, 3.05) is 0 Å². The van der Waals surface area contributed by atoms with Gasteiger partial charge in [-0.3, -0.25) is 14.8 Å². The first-order valence-corrected chi connectivity index (χ1v) is 6.36. The Labute approximate surface area is 108 Å². The number of hydrogen-bond acceptors (Lipinski definition) is 3. The Kier molecular flexibility index (Phi) is 3.52. The highest BCUT2D eigenvalue weighted by Gasteiger charge is 2.20. The Morgan fingerprint density at radius 2 is 1.88 bits per heavy atom. The summed E-state index contributed by atoms with van der Waals surface area (Å²) in [6.07, 6.45) is 3.35. The minimum atomic E-state index is -0.156. The van der Waals surface area contributed by atoms with E-state index in [1.54, 1.807) is 19.3 Å². The molecule has 17 heavy (non-hydrogen) atoms. The second-order valence-electron chi connectivity index (χ2n) is 4.11. The van der Waals surface area contributed by atoms with Crippen LogP contribution >= 0.6 is 15.9 Å². The number of alkyl halides is 1. The van der Waals surface area contributed by atoms with Crippen molar-refractivity contribution in [3.8, 4) is 0 Å². The number of nitrogens with zero attached hydrogens (tertiary/aromatic N) is 2. The maximum atomic E-state index is 11.3. The van der Waals surface area contributed by atoms with Gasteiger partial charge in [0, 0.05) is 18.3 Å². The molecule has 0 fully saturated rings. The highest BCUT2D eigenvalue weighted by Crippen LogP contribution is 2.26. The topological polar surface area (TPSA) is 42.9 Å². The molecule has 0 amide bonds. The quantitative estimate of drug-likeness (QED) is 0.817. The molecule has 2 aromatic rings. The van der Waals surface area contributed by atoms with Gasteiger partial charge in [0.05, 0.1) is 15.9 Å². The lowest BCUT2D eigenvalue weighted by molar-refractivity contribution is -0.116. The molecule has 2 atom stereocenters. The molecule has 0 saturated carbocycles. The van der Waals surface area contributed by atoms with Crippen molar-refractivity contribution in [1.82, 2.24) is 9.97 Å². The monoisotopic (exact) mass is 292 g/mol. The summed E-state index contributed by atoms with van der Waals surface area (Å²) < 4.78 is 0. The molecule has 0 aliphatic carbocycles. The number of hydrogen-bond donors (Lipinski definition) is 0. The number of rotatable bonds is 3. The molecule has 2 unspecified atom stereocenters. The van der Waals surface area contributed by atoms with Crippen molar-refractivity contribution >= 4 is 32.7 Å². The molecule has 3 nitrogen and oxygen atoms in total. The lowest BCUT2D eigenvalue weighted by atomic mass is 9.95. The van der Waals surface area contributed by atoms with E-state index in [-0.39, 0.29) is 16.5 Å². The molecule has 0 bridgehead atoms. The van der Waals surface area contributed by atoms with Gasteiger partial charge in [0.25, 0.3) is 0 Å². The largest absolute Gasteiger partial charge is 0.299 e. The van der Waals surface area contributed by atoms with E-state index in [0.717, 1.165) is 16.6 Å². The van der Waals surface area contributed by atoms with Crippen molar-refractivity contribution in [3.05, 3.63) is 36.2 Å². The van der Waals surface area contributed by atoms with Crippen LogP contribution < -0.4 is 0 Å². The number of carbonyl (C=O) groups excluding carboxylic acids is 1. The summed E-state index contributed by atoms with van der Waals surface area (Å²) >= 11 is 3.42. The number of halogens is 1. The summed E-state index contributed by atoms with van der Waals surface area (Å²) in [6, 6.07) is 5.93. The molecular formula is C13H13BrN2O. The number of benzene rings is 1. The van der Waals surface area contributed by atoms with Gasteiger partial charge in [-0.15, -0.1) is 0 Å². The molecule has 1 heterocycles. The summed E-state index contributed by atoms with van der Waals surface area (Å²) in [4.78, 5) is 19.7. The molecule has 0 spiro atoms. The van der Waals surface area contributed by atoms with Gasteiger partial charge in [-0.05, 0) is 24.6 Å². The third kappa shape index (κ3) is 2.52. The maximum Gasteiger partial charge on any atom is 0.144 e. The fourth-order valence-electron chi connectivity index (χ4n) is 1.78. The van der Waals surface area contributed by atoms with E-state index in [9.17, 15) is 4.79 Å². The van der Waals surface area contributed by atoms with Crippen molar-refractivity contribution in [1.29, 1.82) is 0 Å². The fourth-order valence-corrected chi connectivity index (χ4v) is 2.09. The van der Waals surface area contributed by atoms with Crippen LogP contribution in [0.15, 0.2) is 30.6 Å². The van der Waals surface area contributed by atoms with Gasteiger partial charge in [-0.2, -0.15) is 0 Å². The molecule has 1 aromatic heterocycles. The van der Waals surface area contributed by atoms with Crippen LogP contribution in [0.4, 0.5) is 0 Å². The predicted octanol–water partition coefficient (Wildman–Crippen LogP) is 3.09. The highest BCUT2D eigenvalue weighted by molar-refractivity contribution is 9.10. The van der Waals surface area contributed by atoms with Crippen LogP contribution in [-0.4, -0.2) is 20.6 Å². The summed E-state index contributed by atoms with van der Waals surface area (Å²) in [5.74, 6) is 0.260. The van der Waals surface area contributed by atoms with E-state index >= 15 is 0 Å². The lowest BCUT2D eigenvalue weighted by Gasteiger charge is -2.16. The van der Waals surface area contributed by atoms with Gasteiger partial charge in [-0.25, -0.2) is 0 Å². The first-order valence-electron chi connectivity index (χ1n) is 5.45. The van der Waals surface area contributed by atoms with Gasteiger partial charge in [-0.1, -0.05) is 28.9 Å². The molecule has 88 valence electrons. The Balaban J connectivity index is 2.39. The van der Waals surface area contributed by atoms with Crippen LogP contribution in [-0.2, 0) is 4.79 Å². The van der Waals surface area contributed by atoms with Crippen LogP contribution in [0.2, 0.25) is 0 Å². The molecule has 0 aliphatic rings. The first-order chi connectivity index (χ1) is 8.09. The van der Waals surface area contributed by atoms with E-state index in [1.165, 1.54) is 0 Å². The highest BCUT2D eigenvalue weighted by atomic mass is 79.9. The van der Waals surface area contributed by atoms with Crippen LogP contribution in [0.3, 0.4) is 0 Å². The molecule has 0 N–H and O–H groups in total. The Bertz CT molecular complexity index is 556. The number of Topliss-reactive ketones (excluding diaryl/α,β-unsaturated/α-hetero) is 1. The maximum absolute atomic E-state index is 11.3. The predicted molar refractivity (Wildman–Crippen MR) is 71.3 cm³/mol. The second kappa shape index (κ2) is 4.92. The summed E-state index contributed by atoms with van der Waals surface area (Å²) in [7, 11) is 0. The number of ketones is 1. The minimum absolute atomic E-state index is 0.124. The lowest BCUT2D eigenvalue weighted by Crippen LogP contribution is -2.17. The summed E-state index contributed by atoms with van der Waals surface area (Å²) in [5, 5.41) is 0. The van der Waals surface area contributed by atoms with E-state index in [1.807, 2.05) is 25.1 Å². The van der Waals surface area contributed by atoms with Gasteiger partial charge >= 0.3 is 0 Å². The SMILES string of the molecule is CC(=O)C(Br)C(C)c1ccc2nccnc2c1. The Morgan fingerprint density at radius 1 is 1.24 bits per heavy atom. The van der Waals surface area contributed by atoms with Crippen molar-refractivity contribution in [2.24, 2.45) is 0 Å². The van der Waals surface area contributed by atoms with E-state index in [4.69, 9.17) is 0 Å². The Hall–Kier alpha value is -1.29. The van der Waals surface area contributed by atoms with E-state index < -0.39 is 0 Å². The molecule has 2 rings (SSSR count).